The molecular formula is C24H32N2O5S. The van der Waals surface area contributed by atoms with Crippen LogP contribution in [0.2, 0.25) is 0 Å². The predicted octanol–water partition coefficient (Wildman–Crippen LogP) is 3.85. The molecule has 174 valence electrons. The molecule has 0 aromatic heterocycles. The second-order valence-electron chi connectivity index (χ2n) is 7.76. The lowest BCUT2D eigenvalue weighted by Gasteiger charge is -2.18. The molecule has 0 radical (unpaired) electrons. The van der Waals surface area contributed by atoms with Crippen molar-refractivity contribution < 1.29 is 22.7 Å². The molecule has 1 atom stereocenters. The molecule has 1 heterocycles. The molecule has 8 heteroatoms. The van der Waals surface area contributed by atoms with Crippen LogP contribution in [0.4, 0.5) is 5.69 Å². The van der Waals surface area contributed by atoms with Gasteiger partial charge >= 0.3 is 0 Å². The van der Waals surface area contributed by atoms with Crippen LogP contribution in [0.5, 0.6) is 5.75 Å². The highest BCUT2D eigenvalue weighted by atomic mass is 32.2. The Hall–Kier alpha value is -2.42. The van der Waals surface area contributed by atoms with Crippen molar-refractivity contribution in [3.05, 3.63) is 54.1 Å². The smallest absolute Gasteiger partial charge is 0.243 e. The minimum Gasteiger partial charge on any atom is -0.491 e. The Bertz CT molecular complexity index is 982. The van der Waals surface area contributed by atoms with Gasteiger partial charge in [0.2, 0.25) is 15.9 Å². The normalized spacial score (nSPS) is 16.3. The zero-order valence-electron chi connectivity index (χ0n) is 18.7. The Morgan fingerprint density at radius 3 is 2.56 bits per heavy atom. The lowest BCUT2D eigenvalue weighted by Crippen LogP contribution is -2.30. The topological polar surface area (TPSA) is 84.9 Å². The van der Waals surface area contributed by atoms with Gasteiger partial charge in [0.25, 0.3) is 0 Å². The fourth-order valence-corrected chi connectivity index (χ4v) is 5.11. The van der Waals surface area contributed by atoms with Gasteiger partial charge in [0.1, 0.15) is 12.4 Å². The summed E-state index contributed by atoms with van der Waals surface area (Å²) < 4.78 is 37.9. The monoisotopic (exact) mass is 460 g/mol. The number of hydrogen-bond acceptors (Lipinski definition) is 5. The van der Waals surface area contributed by atoms with Crippen LogP contribution in [-0.2, 0) is 26.0 Å². The van der Waals surface area contributed by atoms with E-state index < -0.39 is 10.0 Å². The van der Waals surface area contributed by atoms with Crippen LogP contribution in [0, 0.1) is 0 Å². The molecule has 7 nitrogen and oxygen atoms in total. The van der Waals surface area contributed by atoms with Gasteiger partial charge in [-0.25, -0.2) is 8.42 Å². The van der Waals surface area contributed by atoms with Crippen LogP contribution in [0.25, 0.3) is 0 Å². The summed E-state index contributed by atoms with van der Waals surface area (Å²) in [5.74, 6) is 0.587. The molecule has 1 unspecified atom stereocenters. The van der Waals surface area contributed by atoms with E-state index in [1.807, 2.05) is 32.0 Å². The van der Waals surface area contributed by atoms with Gasteiger partial charge in [-0.3, -0.25) is 4.79 Å². The van der Waals surface area contributed by atoms with Crippen LogP contribution in [0.1, 0.15) is 38.7 Å². The first kappa shape index (κ1) is 24.2. The second kappa shape index (κ2) is 11.4. The van der Waals surface area contributed by atoms with E-state index >= 15 is 0 Å². The van der Waals surface area contributed by atoms with Gasteiger partial charge in [-0.2, -0.15) is 4.31 Å². The van der Waals surface area contributed by atoms with Crippen molar-refractivity contribution >= 4 is 21.6 Å². The van der Waals surface area contributed by atoms with E-state index in [-0.39, 0.29) is 16.9 Å². The number of ether oxygens (including phenoxy) is 2. The van der Waals surface area contributed by atoms with Crippen molar-refractivity contribution in [3.8, 4) is 5.75 Å². The first-order valence-electron chi connectivity index (χ1n) is 11.2. The summed E-state index contributed by atoms with van der Waals surface area (Å²) in [6.45, 7) is 5.80. The number of nitrogens with one attached hydrogen (secondary N) is 1. The molecule has 0 saturated carbocycles. The number of sulfonamides is 1. The highest BCUT2D eigenvalue weighted by molar-refractivity contribution is 7.89. The molecule has 2 aromatic rings. The van der Waals surface area contributed by atoms with Gasteiger partial charge in [-0.05, 0) is 49.1 Å². The Labute approximate surface area is 190 Å². The molecule has 0 aliphatic carbocycles. The third-order valence-corrected chi connectivity index (χ3v) is 7.55. The predicted molar refractivity (Wildman–Crippen MR) is 124 cm³/mol. The number of rotatable bonds is 11. The average molecular weight is 461 g/mol. The van der Waals surface area contributed by atoms with Gasteiger partial charge in [0.05, 0.1) is 11.0 Å². The Balaban J connectivity index is 1.50. The Morgan fingerprint density at radius 2 is 1.91 bits per heavy atom. The molecule has 1 aliphatic heterocycles. The van der Waals surface area contributed by atoms with Gasteiger partial charge in [0.15, 0.2) is 0 Å². The van der Waals surface area contributed by atoms with Crippen molar-refractivity contribution in [2.24, 2.45) is 0 Å². The maximum Gasteiger partial charge on any atom is 0.243 e. The lowest BCUT2D eigenvalue weighted by molar-refractivity contribution is -0.116. The summed E-state index contributed by atoms with van der Waals surface area (Å²) in [6.07, 6.45) is 3.04. The molecule has 1 saturated heterocycles. The minimum atomic E-state index is -3.47. The maximum atomic E-state index is 12.6. The molecule has 1 amide bonds. The van der Waals surface area contributed by atoms with E-state index in [0.29, 0.717) is 44.0 Å². The average Bonchev–Trinajstić information content (AvgIpc) is 3.31. The number of carbonyl (C=O) groups is 1. The minimum absolute atomic E-state index is 0.110. The quantitative estimate of drug-likeness (QED) is 0.551. The molecule has 2 aromatic carbocycles. The van der Waals surface area contributed by atoms with E-state index in [9.17, 15) is 13.2 Å². The number of anilines is 1. The third-order valence-electron chi connectivity index (χ3n) is 5.48. The molecule has 32 heavy (non-hydrogen) atoms. The van der Waals surface area contributed by atoms with E-state index in [1.54, 1.807) is 30.3 Å². The van der Waals surface area contributed by atoms with Crippen LogP contribution in [-0.4, -0.2) is 51.0 Å². The first-order chi connectivity index (χ1) is 15.4. The number of hydrogen-bond donors (Lipinski definition) is 1. The number of benzene rings is 2. The summed E-state index contributed by atoms with van der Waals surface area (Å²) >= 11 is 0. The van der Waals surface area contributed by atoms with Crippen molar-refractivity contribution in [2.45, 2.75) is 50.5 Å². The number of carbonyl (C=O) groups excluding carboxylic acids is 1. The fraction of sp³-hybridized carbons (Fsp3) is 0.458. The lowest BCUT2D eigenvalue weighted by atomic mass is 10.1. The third kappa shape index (κ3) is 6.54. The van der Waals surface area contributed by atoms with Gasteiger partial charge in [-0.1, -0.05) is 32.0 Å². The second-order valence-corrected chi connectivity index (χ2v) is 9.69. The van der Waals surface area contributed by atoms with Crippen LogP contribution >= 0.6 is 0 Å². The van der Waals surface area contributed by atoms with Gasteiger partial charge in [0, 0.05) is 37.9 Å². The van der Waals surface area contributed by atoms with Gasteiger partial charge < -0.3 is 14.8 Å². The molecule has 1 fully saturated rings. The fourth-order valence-electron chi connectivity index (χ4n) is 3.65. The van der Waals surface area contributed by atoms with Crippen molar-refractivity contribution in [2.75, 3.05) is 31.6 Å². The number of nitrogens with zero attached hydrogens (tertiary/aromatic N) is 1. The molecule has 1 N–H and O–H groups in total. The largest absolute Gasteiger partial charge is 0.491 e. The van der Waals surface area contributed by atoms with Crippen LogP contribution in [0.3, 0.4) is 0 Å². The van der Waals surface area contributed by atoms with Crippen LogP contribution in [0.15, 0.2) is 53.4 Å². The van der Waals surface area contributed by atoms with Gasteiger partial charge in [-0.15, -0.1) is 0 Å². The van der Waals surface area contributed by atoms with E-state index in [4.69, 9.17) is 9.47 Å². The number of aryl methyl sites for hydroxylation is 1. The van der Waals surface area contributed by atoms with Crippen molar-refractivity contribution in [1.29, 1.82) is 0 Å². The zero-order chi connectivity index (χ0) is 23.0. The van der Waals surface area contributed by atoms with E-state index in [0.717, 1.165) is 25.0 Å². The summed E-state index contributed by atoms with van der Waals surface area (Å²) in [5, 5.41) is 2.89. The summed E-state index contributed by atoms with van der Waals surface area (Å²) in [7, 11) is -3.47. The van der Waals surface area contributed by atoms with Crippen molar-refractivity contribution in [1.82, 2.24) is 4.31 Å². The summed E-state index contributed by atoms with van der Waals surface area (Å²) in [4.78, 5) is 12.7. The number of amides is 1. The highest BCUT2D eigenvalue weighted by Crippen LogP contribution is 2.20. The van der Waals surface area contributed by atoms with E-state index in [2.05, 4.69) is 5.32 Å². The highest BCUT2D eigenvalue weighted by Gasteiger charge is 2.21. The van der Waals surface area contributed by atoms with Crippen molar-refractivity contribution in [3.63, 3.8) is 0 Å². The maximum absolute atomic E-state index is 12.6. The molecule has 0 spiro atoms. The Kier molecular flexibility index (Phi) is 8.67. The Morgan fingerprint density at radius 1 is 1.16 bits per heavy atom. The SMILES string of the molecule is CCN(CC)S(=O)(=O)c1ccc(CCC(=O)Nc2cccc(OCC3CCCO3)c2)cc1. The van der Waals surface area contributed by atoms with Crippen LogP contribution < -0.4 is 10.1 Å². The molecule has 3 rings (SSSR count). The standard InChI is InChI=1S/C24H32N2O5S/c1-3-26(4-2)32(28,29)23-13-10-19(11-14-23)12-15-24(27)25-20-7-5-8-21(17-20)31-18-22-9-6-16-30-22/h5,7-8,10-11,13-14,17,22H,3-4,6,9,12,15-16,18H2,1-2H3,(H,25,27). The molecular weight excluding hydrogens is 428 g/mol. The first-order valence-corrected chi connectivity index (χ1v) is 12.6. The summed E-state index contributed by atoms with van der Waals surface area (Å²) in [5.41, 5.74) is 1.59. The molecule has 0 bridgehead atoms. The summed E-state index contributed by atoms with van der Waals surface area (Å²) in [6, 6.07) is 14.1. The zero-order valence-corrected chi connectivity index (χ0v) is 19.6. The molecule has 1 aliphatic rings. The van der Waals surface area contributed by atoms with E-state index in [1.165, 1.54) is 4.31 Å².